The number of hydrogen-bond donors (Lipinski definition) is 1. The molecule has 1 aromatic rings. The van der Waals surface area contributed by atoms with Gasteiger partial charge in [-0.2, -0.15) is 30.7 Å². The minimum absolute atomic E-state index is 0.534. The van der Waals surface area contributed by atoms with Crippen LogP contribution < -0.4 is 0 Å². The van der Waals surface area contributed by atoms with Crippen molar-refractivity contribution < 1.29 is 40.2 Å². The second-order valence-corrected chi connectivity index (χ2v) is 4.71. The fourth-order valence-electron chi connectivity index (χ4n) is 1.74. The van der Waals surface area contributed by atoms with E-state index in [1.54, 1.807) is 0 Å². The zero-order valence-electron chi connectivity index (χ0n) is 10.5. The minimum Gasteiger partial charge on any atom is -0.385 e. The van der Waals surface area contributed by atoms with E-state index in [2.05, 4.69) is 0 Å². The average molecular weight is 322 g/mol. The van der Waals surface area contributed by atoms with Crippen LogP contribution in [0.1, 0.15) is 18.9 Å². The van der Waals surface area contributed by atoms with Crippen LogP contribution in [0, 0.1) is 5.82 Å². The number of benzene rings is 1. The maximum absolute atomic E-state index is 13.4. The monoisotopic (exact) mass is 322 g/mol. The van der Waals surface area contributed by atoms with Gasteiger partial charge >= 0.3 is 18.0 Å². The zero-order chi connectivity index (χ0) is 16.7. The molecule has 0 aliphatic heterocycles. The van der Waals surface area contributed by atoms with E-state index < -0.39 is 41.4 Å². The Morgan fingerprint density at radius 3 is 1.86 bits per heavy atom. The van der Waals surface area contributed by atoms with Crippen LogP contribution in [0.5, 0.6) is 0 Å². The highest BCUT2D eigenvalue weighted by Gasteiger charge is 2.73. The maximum atomic E-state index is 13.4. The standard InChI is InChI=1S/C12H10F8O/c1-9(21,7-4-2-3-5-8(7)13)6-10(14,15)11(16,17)12(18,19)20/h2-5,21H,6H2,1H3. The topological polar surface area (TPSA) is 20.2 Å². The summed E-state index contributed by atoms with van der Waals surface area (Å²) in [4.78, 5) is 0. The van der Waals surface area contributed by atoms with E-state index in [0.717, 1.165) is 24.3 Å². The average Bonchev–Trinajstić information content (AvgIpc) is 2.25. The van der Waals surface area contributed by atoms with Crippen LogP contribution in [0.2, 0.25) is 0 Å². The summed E-state index contributed by atoms with van der Waals surface area (Å²) in [6.07, 6.45) is -8.80. The van der Waals surface area contributed by atoms with Gasteiger partial charge in [0.05, 0.1) is 12.0 Å². The van der Waals surface area contributed by atoms with Gasteiger partial charge in [0.2, 0.25) is 0 Å². The summed E-state index contributed by atoms with van der Waals surface area (Å²) in [6, 6.07) is 3.82. The van der Waals surface area contributed by atoms with E-state index in [1.807, 2.05) is 0 Å². The van der Waals surface area contributed by atoms with Crippen LogP contribution in [-0.4, -0.2) is 23.1 Å². The fourth-order valence-corrected chi connectivity index (χ4v) is 1.74. The maximum Gasteiger partial charge on any atom is 0.459 e. The van der Waals surface area contributed by atoms with Crippen LogP contribution >= 0.6 is 0 Å². The third-order valence-electron chi connectivity index (χ3n) is 2.84. The molecule has 0 bridgehead atoms. The molecule has 0 aromatic heterocycles. The Bertz CT molecular complexity index is 506. The molecule has 9 heteroatoms. The molecule has 1 unspecified atom stereocenters. The van der Waals surface area contributed by atoms with E-state index in [1.165, 1.54) is 0 Å². The Balaban J connectivity index is 3.17. The molecule has 1 rings (SSSR count). The predicted octanol–water partition coefficient (Wildman–Crippen LogP) is 4.26. The first kappa shape index (κ1) is 17.7. The van der Waals surface area contributed by atoms with Crippen molar-refractivity contribution in [2.75, 3.05) is 0 Å². The van der Waals surface area contributed by atoms with Crippen LogP contribution in [0.4, 0.5) is 35.1 Å². The quantitative estimate of drug-likeness (QED) is 0.822. The third kappa shape index (κ3) is 3.28. The summed E-state index contributed by atoms with van der Waals surface area (Å²) in [6.45, 7) is 0.534. The third-order valence-corrected chi connectivity index (χ3v) is 2.84. The van der Waals surface area contributed by atoms with E-state index in [4.69, 9.17) is 0 Å². The summed E-state index contributed by atoms with van der Waals surface area (Å²) in [5.41, 5.74) is -3.72. The Morgan fingerprint density at radius 1 is 0.952 bits per heavy atom. The Hall–Kier alpha value is -1.38. The Kier molecular flexibility index (Phi) is 4.30. The SMILES string of the molecule is CC(O)(CC(F)(F)C(F)(F)C(F)(F)F)c1ccccc1F. The fraction of sp³-hybridized carbons (Fsp3) is 0.500. The molecule has 0 fully saturated rings. The van der Waals surface area contributed by atoms with Gasteiger partial charge in [-0.15, -0.1) is 0 Å². The minimum atomic E-state index is -6.50. The molecule has 1 aromatic carbocycles. The van der Waals surface area contributed by atoms with Crippen molar-refractivity contribution in [3.05, 3.63) is 35.6 Å². The number of rotatable bonds is 4. The van der Waals surface area contributed by atoms with E-state index >= 15 is 0 Å². The van der Waals surface area contributed by atoms with Crippen molar-refractivity contribution in [2.45, 2.75) is 37.0 Å². The normalized spacial score (nSPS) is 16.7. The summed E-state index contributed by atoms with van der Waals surface area (Å²) in [5.74, 6) is -13.2. The molecule has 120 valence electrons. The number of aliphatic hydroxyl groups is 1. The van der Waals surface area contributed by atoms with Crippen molar-refractivity contribution in [3.8, 4) is 0 Å². The first-order chi connectivity index (χ1) is 9.22. The first-order valence-corrected chi connectivity index (χ1v) is 5.52. The summed E-state index contributed by atoms with van der Waals surface area (Å²) in [5, 5.41) is 9.71. The van der Waals surface area contributed by atoms with Gasteiger partial charge in [-0.25, -0.2) is 4.39 Å². The molecule has 21 heavy (non-hydrogen) atoms. The zero-order valence-corrected chi connectivity index (χ0v) is 10.5. The molecule has 0 aliphatic carbocycles. The number of hydrogen-bond acceptors (Lipinski definition) is 1. The molecule has 0 radical (unpaired) electrons. The summed E-state index contributed by atoms with van der Waals surface area (Å²) < 4.78 is 101. The van der Waals surface area contributed by atoms with E-state index in [9.17, 15) is 40.2 Å². The lowest BCUT2D eigenvalue weighted by Crippen LogP contribution is -2.54. The molecule has 1 atom stereocenters. The Labute approximate surface area is 114 Å². The molecule has 0 heterocycles. The molecule has 0 spiro atoms. The van der Waals surface area contributed by atoms with Crippen LogP contribution in [0.25, 0.3) is 0 Å². The van der Waals surface area contributed by atoms with Crippen molar-refractivity contribution >= 4 is 0 Å². The molecule has 0 aliphatic rings. The van der Waals surface area contributed by atoms with Crippen molar-refractivity contribution in [2.24, 2.45) is 0 Å². The van der Waals surface area contributed by atoms with E-state index in [-0.39, 0.29) is 0 Å². The van der Waals surface area contributed by atoms with Crippen molar-refractivity contribution in [3.63, 3.8) is 0 Å². The lowest BCUT2D eigenvalue weighted by atomic mass is 9.87. The van der Waals surface area contributed by atoms with Gasteiger partial charge in [0, 0.05) is 5.56 Å². The molecular formula is C12H10F8O. The molecule has 1 nitrogen and oxygen atoms in total. The molecule has 0 amide bonds. The van der Waals surface area contributed by atoms with Crippen LogP contribution in [0.15, 0.2) is 24.3 Å². The molecular weight excluding hydrogens is 312 g/mol. The van der Waals surface area contributed by atoms with Gasteiger partial charge in [0.1, 0.15) is 5.82 Å². The highest BCUT2D eigenvalue weighted by Crippen LogP contribution is 2.50. The van der Waals surface area contributed by atoms with Crippen molar-refractivity contribution in [1.29, 1.82) is 0 Å². The smallest absolute Gasteiger partial charge is 0.385 e. The van der Waals surface area contributed by atoms with Crippen LogP contribution in [-0.2, 0) is 5.60 Å². The van der Waals surface area contributed by atoms with Gasteiger partial charge in [-0.05, 0) is 13.0 Å². The van der Waals surface area contributed by atoms with Gasteiger partial charge < -0.3 is 5.11 Å². The lowest BCUT2D eigenvalue weighted by molar-refractivity contribution is -0.361. The summed E-state index contributed by atoms with van der Waals surface area (Å²) >= 11 is 0. The van der Waals surface area contributed by atoms with Gasteiger partial charge in [-0.1, -0.05) is 18.2 Å². The van der Waals surface area contributed by atoms with Gasteiger partial charge in [0.25, 0.3) is 0 Å². The van der Waals surface area contributed by atoms with Crippen molar-refractivity contribution in [1.82, 2.24) is 0 Å². The first-order valence-electron chi connectivity index (χ1n) is 5.52. The van der Waals surface area contributed by atoms with E-state index in [0.29, 0.717) is 6.92 Å². The van der Waals surface area contributed by atoms with Gasteiger partial charge in [0.15, 0.2) is 0 Å². The molecule has 0 saturated carbocycles. The highest BCUT2D eigenvalue weighted by molar-refractivity contribution is 5.24. The predicted molar refractivity (Wildman–Crippen MR) is 56.5 cm³/mol. The summed E-state index contributed by atoms with van der Waals surface area (Å²) in [7, 11) is 0. The molecule has 1 N–H and O–H groups in total. The lowest BCUT2D eigenvalue weighted by Gasteiger charge is -2.34. The second-order valence-electron chi connectivity index (χ2n) is 4.71. The van der Waals surface area contributed by atoms with Gasteiger partial charge in [-0.3, -0.25) is 0 Å². The number of alkyl halides is 7. The second kappa shape index (κ2) is 5.11. The van der Waals surface area contributed by atoms with Crippen LogP contribution in [0.3, 0.4) is 0 Å². The number of halogens is 8. The highest BCUT2D eigenvalue weighted by atomic mass is 19.4. The molecule has 0 saturated heterocycles. The largest absolute Gasteiger partial charge is 0.459 e. The Morgan fingerprint density at radius 2 is 1.43 bits per heavy atom.